The first-order chi connectivity index (χ1) is 9.65. The van der Waals surface area contributed by atoms with Crippen molar-refractivity contribution in [1.29, 1.82) is 0 Å². The van der Waals surface area contributed by atoms with E-state index >= 15 is 0 Å². The van der Waals surface area contributed by atoms with Crippen molar-refractivity contribution < 1.29 is 14.7 Å². The van der Waals surface area contributed by atoms with E-state index in [0.29, 0.717) is 10.7 Å². The Hall–Kier alpha value is -2.21. The summed E-state index contributed by atoms with van der Waals surface area (Å²) in [5.74, 6) is -0.909. The van der Waals surface area contributed by atoms with Gasteiger partial charge in [0.05, 0.1) is 5.69 Å². The summed E-state index contributed by atoms with van der Waals surface area (Å²) in [4.78, 5) is 26.8. The number of carboxylic acid groups (broad SMARTS) is 1. The lowest BCUT2D eigenvalue weighted by atomic mass is 10.2. The molecule has 0 unspecified atom stereocenters. The number of rotatable bonds is 4. The molecule has 102 valence electrons. The van der Waals surface area contributed by atoms with Crippen molar-refractivity contribution in [2.75, 3.05) is 5.32 Å². The number of benzene rings is 1. The van der Waals surface area contributed by atoms with Gasteiger partial charge in [-0.25, -0.2) is 9.78 Å². The summed E-state index contributed by atoms with van der Waals surface area (Å²) in [6.45, 7) is 0. The summed E-state index contributed by atoms with van der Waals surface area (Å²) < 4.78 is 0. The van der Waals surface area contributed by atoms with E-state index in [0.717, 1.165) is 18.4 Å². The molecule has 1 aromatic carbocycles. The van der Waals surface area contributed by atoms with Crippen LogP contribution in [0.5, 0.6) is 0 Å². The molecule has 1 amide bonds. The molecule has 0 saturated heterocycles. The van der Waals surface area contributed by atoms with Crippen molar-refractivity contribution >= 4 is 28.9 Å². The van der Waals surface area contributed by atoms with E-state index in [1.54, 1.807) is 6.07 Å². The maximum Gasteiger partial charge on any atom is 0.355 e. The van der Waals surface area contributed by atoms with Crippen molar-refractivity contribution in [3.63, 3.8) is 0 Å². The number of thiazole rings is 1. The molecule has 6 heteroatoms. The van der Waals surface area contributed by atoms with Gasteiger partial charge >= 0.3 is 5.97 Å². The quantitative estimate of drug-likeness (QED) is 0.906. The average Bonchev–Trinajstić information content (AvgIpc) is 3.17. The topological polar surface area (TPSA) is 79.3 Å². The second kappa shape index (κ2) is 5.05. The maximum atomic E-state index is 11.8. The number of nitrogens with zero attached hydrogens (tertiary/aromatic N) is 1. The summed E-state index contributed by atoms with van der Waals surface area (Å²) in [7, 11) is 0. The lowest BCUT2D eigenvalue weighted by Crippen LogP contribution is -2.13. The number of amides is 1. The monoisotopic (exact) mass is 288 g/mol. The van der Waals surface area contributed by atoms with Crippen molar-refractivity contribution in [3.05, 3.63) is 35.3 Å². The highest BCUT2D eigenvalue weighted by atomic mass is 32.1. The minimum absolute atomic E-state index is 0.0208. The predicted octanol–water partition coefficient (Wildman–Crippen LogP) is 2.86. The van der Waals surface area contributed by atoms with E-state index in [-0.39, 0.29) is 17.5 Å². The summed E-state index contributed by atoms with van der Waals surface area (Å²) in [5, 5.41) is 13.9. The molecule has 1 aliphatic carbocycles. The molecular weight excluding hydrogens is 276 g/mol. The Kier molecular flexibility index (Phi) is 3.23. The standard InChI is InChI=1S/C14H12N2O3S/c17-12(8-5-6-8)15-10-4-2-1-3-9(10)13-16-11(7-20-13)14(18)19/h1-4,7-8H,5-6H2,(H,15,17)(H,18,19). The molecular formula is C14H12N2O3S. The third-order valence-electron chi connectivity index (χ3n) is 3.09. The summed E-state index contributed by atoms with van der Waals surface area (Å²) in [6, 6.07) is 7.30. The van der Waals surface area contributed by atoms with Crippen LogP contribution in [0.2, 0.25) is 0 Å². The first kappa shape index (κ1) is 12.8. The zero-order valence-corrected chi connectivity index (χ0v) is 11.3. The second-order valence-electron chi connectivity index (χ2n) is 4.65. The SMILES string of the molecule is O=C(O)c1csc(-c2ccccc2NC(=O)C2CC2)n1. The number of nitrogens with one attached hydrogen (secondary N) is 1. The Balaban J connectivity index is 1.91. The van der Waals surface area contributed by atoms with Crippen molar-refractivity contribution in [1.82, 2.24) is 4.98 Å². The van der Waals surface area contributed by atoms with E-state index in [1.165, 1.54) is 16.7 Å². The van der Waals surface area contributed by atoms with E-state index < -0.39 is 5.97 Å². The van der Waals surface area contributed by atoms with Gasteiger partial charge in [0.1, 0.15) is 5.01 Å². The zero-order valence-electron chi connectivity index (χ0n) is 10.5. The van der Waals surface area contributed by atoms with Crippen LogP contribution in [0.1, 0.15) is 23.3 Å². The van der Waals surface area contributed by atoms with Gasteiger partial charge in [-0.3, -0.25) is 4.79 Å². The van der Waals surface area contributed by atoms with Crippen LogP contribution < -0.4 is 5.32 Å². The van der Waals surface area contributed by atoms with Crippen LogP contribution in [-0.2, 0) is 4.79 Å². The van der Waals surface area contributed by atoms with Crippen molar-refractivity contribution in [2.24, 2.45) is 5.92 Å². The van der Waals surface area contributed by atoms with Gasteiger partial charge in [-0.15, -0.1) is 11.3 Å². The Morgan fingerprint density at radius 2 is 2.05 bits per heavy atom. The van der Waals surface area contributed by atoms with Crippen molar-refractivity contribution in [3.8, 4) is 10.6 Å². The first-order valence-electron chi connectivity index (χ1n) is 6.24. The highest BCUT2D eigenvalue weighted by Gasteiger charge is 2.30. The molecule has 1 saturated carbocycles. The van der Waals surface area contributed by atoms with Gasteiger partial charge in [-0.2, -0.15) is 0 Å². The van der Waals surface area contributed by atoms with Crippen LogP contribution in [-0.4, -0.2) is 22.0 Å². The molecule has 0 radical (unpaired) electrons. The molecule has 5 nitrogen and oxygen atoms in total. The number of aromatic nitrogens is 1. The molecule has 0 bridgehead atoms. The summed E-state index contributed by atoms with van der Waals surface area (Å²) >= 11 is 1.25. The van der Waals surface area contributed by atoms with Gasteiger partial charge in [0.15, 0.2) is 5.69 Å². The van der Waals surface area contributed by atoms with Crippen LogP contribution in [0.4, 0.5) is 5.69 Å². The molecule has 1 fully saturated rings. The molecule has 2 aromatic rings. The molecule has 20 heavy (non-hydrogen) atoms. The molecule has 1 aromatic heterocycles. The fraction of sp³-hybridized carbons (Fsp3) is 0.214. The fourth-order valence-corrected chi connectivity index (χ4v) is 2.69. The zero-order chi connectivity index (χ0) is 14.1. The molecule has 1 aliphatic rings. The Morgan fingerprint density at radius 1 is 1.30 bits per heavy atom. The van der Waals surface area contributed by atoms with Gasteiger partial charge in [0, 0.05) is 16.9 Å². The largest absolute Gasteiger partial charge is 0.476 e. The third-order valence-corrected chi connectivity index (χ3v) is 3.96. The minimum Gasteiger partial charge on any atom is -0.476 e. The highest BCUT2D eigenvalue weighted by Crippen LogP contribution is 2.34. The van der Waals surface area contributed by atoms with Gasteiger partial charge in [0.25, 0.3) is 0 Å². The smallest absolute Gasteiger partial charge is 0.355 e. The maximum absolute atomic E-state index is 11.8. The minimum atomic E-state index is -1.05. The number of anilines is 1. The average molecular weight is 288 g/mol. The molecule has 0 aliphatic heterocycles. The normalized spacial score (nSPS) is 14.0. The Morgan fingerprint density at radius 3 is 2.70 bits per heavy atom. The molecule has 2 N–H and O–H groups in total. The van der Waals surface area contributed by atoms with E-state index in [1.807, 2.05) is 18.2 Å². The number of hydrogen-bond acceptors (Lipinski definition) is 4. The van der Waals surface area contributed by atoms with Crippen LogP contribution in [0.3, 0.4) is 0 Å². The molecule has 0 atom stereocenters. The molecule has 1 heterocycles. The van der Waals surface area contributed by atoms with Gasteiger partial charge < -0.3 is 10.4 Å². The Labute approximate surface area is 119 Å². The number of para-hydroxylation sites is 1. The fourth-order valence-electron chi connectivity index (χ4n) is 1.85. The van der Waals surface area contributed by atoms with Crippen LogP contribution >= 0.6 is 11.3 Å². The van der Waals surface area contributed by atoms with Crippen LogP contribution in [0.15, 0.2) is 29.6 Å². The number of aromatic carboxylic acids is 1. The van der Waals surface area contributed by atoms with Crippen LogP contribution in [0, 0.1) is 5.92 Å². The Bertz CT molecular complexity index is 677. The molecule has 0 spiro atoms. The predicted molar refractivity (Wildman–Crippen MR) is 75.9 cm³/mol. The number of carbonyl (C=O) groups excluding carboxylic acids is 1. The third kappa shape index (κ3) is 2.55. The number of hydrogen-bond donors (Lipinski definition) is 2. The van der Waals surface area contributed by atoms with E-state index in [2.05, 4.69) is 10.3 Å². The number of carboxylic acids is 1. The van der Waals surface area contributed by atoms with Gasteiger partial charge in [-0.05, 0) is 25.0 Å². The first-order valence-corrected chi connectivity index (χ1v) is 7.12. The second-order valence-corrected chi connectivity index (χ2v) is 5.51. The lowest BCUT2D eigenvalue weighted by Gasteiger charge is -2.08. The number of carbonyl (C=O) groups is 2. The summed E-state index contributed by atoms with van der Waals surface area (Å²) in [5.41, 5.74) is 1.45. The van der Waals surface area contributed by atoms with E-state index in [4.69, 9.17) is 5.11 Å². The highest BCUT2D eigenvalue weighted by molar-refractivity contribution is 7.13. The molecule has 3 rings (SSSR count). The summed E-state index contributed by atoms with van der Waals surface area (Å²) in [6.07, 6.45) is 1.88. The van der Waals surface area contributed by atoms with Crippen LogP contribution in [0.25, 0.3) is 10.6 Å². The lowest BCUT2D eigenvalue weighted by molar-refractivity contribution is -0.117. The van der Waals surface area contributed by atoms with Gasteiger partial charge in [-0.1, -0.05) is 12.1 Å². The van der Waals surface area contributed by atoms with E-state index in [9.17, 15) is 9.59 Å². The van der Waals surface area contributed by atoms with Gasteiger partial charge in [0.2, 0.25) is 5.91 Å². The van der Waals surface area contributed by atoms with Crippen molar-refractivity contribution in [2.45, 2.75) is 12.8 Å².